The van der Waals surface area contributed by atoms with E-state index in [9.17, 15) is 0 Å². The van der Waals surface area contributed by atoms with Gasteiger partial charge in [0, 0.05) is 37.0 Å². The number of rotatable bonds is 4. The summed E-state index contributed by atoms with van der Waals surface area (Å²) in [5.74, 6) is 1.45. The van der Waals surface area contributed by atoms with Crippen LogP contribution in [0.3, 0.4) is 0 Å². The van der Waals surface area contributed by atoms with Crippen LogP contribution in [0, 0.1) is 0 Å². The highest BCUT2D eigenvalue weighted by atomic mass is 16.5. The van der Waals surface area contributed by atoms with Gasteiger partial charge >= 0.3 is 0 Å². The number of nitrogens with zero attached hydrogens (tertiary/aromatic N) is 4. The van der Waals surface area contributed by atoms with E-state index in [-0.39, 0.29) is 0 Å². The van der Waals surface area contributed by atoms with Crippen molar-refractivity contribution in [2.75, 3.05) is 11.9 Å². The minimum absolute atomic E-state index is 0.629. The minimum Gasteiger partial charge on any atom is -0.372 e. The molecular weight excluding hydrogens is 290 g/mol. The fourth-order valence-electron chi connectivity index (χ4n) is 2.73. The lowest BCUT2D eigenvalue weighted by Crippen LogP contribution is -2.03. The van der Waals surface area contributed by atoms with Gasteiger partial charge in [0.15, 0.2) is 0 Å². The smallest absolute Gasteiger partial charge is 0.222 e. The van der Waals surface area contributed by atoms with Gasteiger partial charge < -0.3 is 10.1 Å². The molecule has 6 heteroatoms. The molecule has 0 fully saturated rings. The van der Waals surface area contributed by atoms with Crippen molar-refractivity contribution in [1.82, 2.24) is 19.5 Å². The molecule has 6 nitrogen and oxygen atoms in total. The molecule has 0 spiro atoms. The third kappa shape index (κ3) is 2.57. The molecule has 0 radical (unpaired) electrons. The second kappa shape index (κ2) is 5.81. The zero-order valence-corrected chi connectivity index (χ0v) is 12.9. The monoisotopic (exact) mass is 307 g/mol. The van der Waals surface area contributed by atoms with Crippen molar-refractivity contribution in [3.63, 3.8) is 0 Å². The molecule has 2 aromatic heterocycles. The molecule has 0 bridgehead atoms. The molecule has 0 saturated heterocycles. The minimum atomic E-state index is 0.629. The summed E-state index contributed by atoms with van der Waals surface area (Å²) in [6.45, 7) is 4.19. The van der Waals surface area contributed by atoms with Crippen LogP contribution in [0.2, 0.25) is 0 Å². The van der Waals surface area contributed by atoms with Crippen LogP contribution in [0.4, 0.5) is 5.95 Å². The zero-order chi connectivity index (χ0) is 15.6. The van der Waals surface area contributed by atoms with Gasteiger partial charge in [0.2, 0.25) is 5.95 Å². The first-order valence-electron chi connectivity index (χ1n) is 7.64. The van der Waals surface area contributed by atoms with E-state index in [4.69, 9.17) is 4.74 Å². The highest BCUT2D eigenvalue weighted by Gasteiger charge is 2.14. The number of benzene rings is 1. The number of fused-ring (bicyclic) bond motifs is 1. The summed E-state index contributed by atoms with van der Waals surface area (Å²) in [6.07, 6.45) is 7.32. The molecule has 23 heavy (non-hydrogen) atoms. The first-order valence-corrected chi connectivity index (χ1v) is 7.64. The van der Waals surface area contributed by atoms with Crippen LogP contribution in [-0.2, 0) is 18.0 Å². The molecule has 1 N–H and O–H groups in total. The summed E-state index contributed by atoms with van der Waals surface area (Å²) in [7, 11) is 0. The van der Waals surface area contributed by atoms with E-state index >= 15 is 0 Å². The van der Waals surface area contributed by atoms with Gasteiger partial charge in [-0.3, -0.25) is 4.57 Å². The van der Waals surface area contributed by atoms with Crippen molar-refractivity contribution in [1.29, 1.82) is 0 Å². The molecule has 3 aromatic rings. The van der Waals surface area contributed by atoms with E-state index in [0.717, 1.165) is 23.6 Å². The standard InChI is InChI=1S/C17H17N5O/c1-2-18-17-20-8-14(9-21-17)16-19-5-6-22(16)15-4-3-12-10-23-11-13(12)7-15/h3-9H,2,10-11H2,1H3,(H,18,20,21). The van der Waals surface area contributed by atoms with Crippen molar-refractivity contribution in [3.05, 3.63) is 54.1 Å². The summed E-state index contributed by atoms with van der Waals surface area (Å²) in [6, 6.07) is 6.36. The molecule has 1 aliphatic rings. The van der Waals surface area contributed by atoms with Gasteiger partial charge in [-0.1, -0.05) is 6.07 Å². The average Bonchev–Trinajstić information content (AvgIpc) is 3.24. The fourth-order valence-corrected chi connectivity index (χ4v) is 2.73. The quantitative estimate of drug-likeness (QED) is 0.803. The fraction of sp³-hybridized carbons (Fsp3) is 0.235. The van der Waals surface area contributed by atoms with Gasteiger partial charge in [0.1, 0.15) is 5.82 Å². The summed E-state index contributed by atoms with van der Waals surface area (Å²) in [5.41, 5.74) is 4.44. The SMILES string of the molecule is CCNc1ncc(-c2nccn2-c2ccc3c(c2)COC3)cn1. The molecule has 4 rings (SSSR count). The number of anilines is 1. The Morgan fingerprint density at radius 1 is 1.13 bits per heavy atom. The molecule has 0 atom stereocenters. The van der Waals surface area contributed by atoms with Crippen LogP contribution >= 0.6 is 0 Å². The van der Waals surface area contributed by atoms with Gasteiger partial charge in [-0.25, -0.2) is 15.0 Å². The Bertz CT molecular complexity index is 825. The number of aromatic nitrogens is 4. The number of nitrogens with one attached hydrogen (secondary N) is 1. The Labute approximate surface area is 134 Å². The van der Waals surface area contributed by atoms with Crippen LogP contribution in [0.5, 0.6) is 0 Å². The highest BCUT2D eigenvalue weighted by Crippen LogP contribution is 2.26. The Morgan fingerprint density at radius 3 is 2.78 bits per heavy atom. The summed E-state index contributed by atoms with van der Waals surface area (Å²) in [5, 5.41) is 3.09. The van der Waals surface area contributed by atoms with E-state index in [1.807, 2.05) is 17.7 Å². The lowest BCUT2D eigenvalue weighted by molar-refractivity contribution is 0.134. The number of hydrogen-bond donors (Lipinski definition) is 1. The summed E-state index contributed by atoms with van der Waals surface area (Å²) >= 11 is 0. The second-order valence-corrected chi connectivity index (χ2v) is 5.39. The maximum atomic E-state index is 5.49. The van der Waals surface area contributed by atoms with Crippen LogP contribution in [-0.4, -0.2) is 26.1 Å². The second-order valence-electron chi connectivity index (χ2n) is 5.39. The predicted octanol–water partition coefficient (Wildman–Crippen LogP) is 2.79. The van der Waals surface area contributed by atoms with E-state index in [2.05, 4.69) is 38.5 Å². The zero-order valence-electron chi connectivity index (χ0n) is 12.9. The lowest BCUT2D eigenvalue weighted by Gasteiger charge is -2.09. The number of hydrogen-bond acceptors (Lipinski definition) is 5. The molecule has 3 heterocycles. The maximum absolute atomic E-state index is 5.49. The average molecular weight is 307 g/mol. The normalized spacial score (nSPS) is 13.1. The van der Waals surface area contributed by atoms with Gasteiger partial charge in [-0.05, 0) is 30.2 Å². The van der Waals surface area contributed by atoms with Gasteiger partial charge in [-0.15, -0.1) is 0 Å². The first-order chi connectivity index (χ1) is 11.3. The highest BCUT2D eigenvalue weighted by molar-refractivity contribution is 5.58. The Balaban J connectivity index is 1.71. The van der Waals surface area contributed by atoms with E-state index in [1.165, 1.54) is 11.1 Å². The van der Waals surface area contributed by atoms with E-state index < -0.39 is 0 Å². The van der Waals surface area contributed by atoms with Crippen LogP contribution in [0.15, 0.2) is 43.0 Å². The van der Waals surface area contributed by atoms with Crippen LogP contribution in [0.1, 0.15) is 18.1 Å². The molecule has 0 saturated carbocycles. The molecular formula is C17H17N5O. The van der Waals surface area contributed by atoms with Crippen LogP contribution < -0.4 is 5.32 Å². The molecule has 0 unspecified atom stereocenters. The lowest BCUT2D eigenvalue weighted by atomic mass is 10.1. The predicted molar refractivity (Wildman–Crippen MR) is 87.2 cm³/mol. The van der Waals surface area contributed by atoms with Gasteiger partial charge in [-0.2, -0.15) is 0 Å². The van der Waals surface area contributed by atoms with Crippen molar-refractivity contribution in [2.45, 2.75) is 20.1 Å². The van der Waals surface area contributed by atoms with E-state index in [0.29, 0.717) is 19.2 Å². The summed E-state index contributed by atoms with van der Waals surface area (Å²) < 4.78 is 7.53. The number of ether oxygens (including phenoxy) is 1. The molecule has 1 aliphatic heterocycles. The van der Waals surface area contributed by atoms with Gasteiger partial charge in [0.25, 0.3) is 0 Å². The van der Waals surface area contributed by atoms with Crippen molar-refractivity contribution in [2.24, 2.45) is 0 Å². The summed E-state index contributed by atoms with van der Waals surface area (Å²) in [4.78, 5) is 13.1. The molecule has 116 valence electrons. The number of imidazole rings is 1. The molecule has 0 amide bonds. The van der Waals surface area contributed by atoms with E-state index in [1.54, 1.807) is 18.6 Å². The maximum Gasteiger partial charge on any atom is 0.222 e. The van der Waals surface area contributed by atoms with Crippen molar-refractivity contribution >= 4 is 5.95 Å². The first kappa shape index (κ1) is 13.9. The third-order valence-electron chi connectivity index (χ3n) is 3.87. The molecule has 1 aromatic carbocycles. The topological polar surface area (TPSA) is 64.9 Å². The van der Waals surface area contributed by atoms with Gasteiger partial charge in [0.05, 0.1) is 18.8 Å². The van der Waals surface area contributed by atoms with Crippen LogP contribution in [0.25, 0.3) is 17.1 Å². The third-order valence-corrected chi connectivity index (χ3v) is 3.87. The van der Waals surface area contributed by atoms with Crippen molar-refractivity contribution in [3.8, 4) is 17.1 Å². The Hall–Kier alpha value is -2.73. The Morgan fingerprint density at radius 2 is 1.96 bits per heavy atom. The Kier molecular flexibility index (Phi) is 3.51. The largest absolute Gasteiger partial charge is 0.372 e. The van der Waals surface area contributed by atoms with Crippen molar-refractivity contribution < 1.29 is 4.74 Å². The molecule has 0 aliphatic carbocycles.